The molecule has 0 N–H and O–H groups in total. The quantitative estimate of drug-likeness (QED) is 0.406. The fourth-order valence-corrected chi connectivity index (χ4v) is 0.947. The van der Waals surface area contributed by atoms with Gasteiger partial charge >= 0.3 is 17.1 Å². The van der Waals surface area contributed by atoms with Crippen LogP contribution in [0.5, 0.6) is 0 Å². The summed E-state index contributed by atoms with van der Waals surface area (Å²) < 4.78 is 0. The van der Waals surface area contributed by atoms with Crippen LogP contribution < -0.4 is 10.2 Å². The van der Waals surface area contributed by atoms with Crippen molar-refractivity contribution >= 4 is 11.6 Å². The molecule has 0 aliphatic rings. The summed E-state index contributed by atoms with van der Waals surface area (Å²) in [7, 11) is 0. The molecule has 5 heteroatoms. The second-order valence-electron chi connectivity index (χ2n) is 6.52. The van der Waals surface area contributed by atoms with E-state index in [1.54, 1.807) is 55.4 Å². The molecule has 0 saturated heterocycles. The molecule has 0 aromatic heterocycles. The number of ketones is 2. The van der Waals surface area contributed by atoms with Gasteiger partial charge in [0.2, 0.25) is 0 Å². The number of hydrogen-bond donors (Lipinski definition) is 0. The normalized spacial score (nSPS) is 12.2. The predicted octanol–water partition coefficient (Wildman–Crippen LogP) is 2.22. The molecule has 0 aliphatic heterocycles. The first-order chi connectivity index (χ1) is 9.89. The number of carbonyl (C=O) groups excluding carboxylic acids is 2. The van der Waals surface area contributed by atoms with Crippen molar-refractivity contribution < 1.29 is 36.9 Å². The van der Waals surface area contributed by atoms with Gasteiger partial charge in [0, 0.05) is 11.8 Å². The van der Waals surface area contributed by atoms with Crippen molar-refractivity contribution in [1.82, 2.24) is 0 Å². The molecule has 0 unspecified atom stereocenters. The van der Waals surface area contributed by atoms with Gasteiger partial charge in [0.25, 0.3) is 0 Å². The first-order valence-electron chi connectivity index (χ1n) is 7.74. The van der Waals surface area contributed by atoms with Gasteiger partial charge in [-0.15, -0.1) is 11.5 Å². The maximum atomic E-state index is 11.0. The van der Waals surface area contributed by atoms with E-state index >= 15 is 0 Å². The minimum atomic E-state index is -0.0799. The molecule has 1 radical (unpaired) electrons. The third-order valence-corrected chi connectivity index (χ3v) is 2.85. The Labute approximate surface area is 151 Å². The van der Waals surface area contributed by atoms with Crippen molar-refractivity contribution in [2.75, 3.05) is 0 Å². The summed E-state index contributed by atoms with van der Waals surface area (Å²) in [5.74, 6) is -0.606. The Morgan fingerprint density at radius 2 is 0.826 bits per heavy atom. The fraction of sp³-hybridized carbons (Fsp3) is 0.667. The van der Waals surface area contributed by atoms with Gasteiger partial charge in [-0.2, -0.15) is 0 Å². The second kappa shape index (κ2) is 13.4. The van der Waals surface area contributed by atoms with Gasteiger partial charge in [-0.25, -0.2) is 0 Å². The molecule has 0 bridgehead atoms. The summed E-state index contributed by atoms with van der Waals surface area (Å²) >= 11 is 0. The molecule has 0 aromatic carbocycles. The molecule has 0 heterocycles. The minimum Gasteiger partial charge on any atom is -0.875 e. The Kier molecular flexibility index (Phi) is 15.6. The number of carbonyl (C=O) groups is 2. The molecule has 0 fully saturated rings. The van der Waals surface area contributed by atoms with Gasteiger partial charge in [0.05, 0.1) is 0 Å². The van der Waals surface area contributed by atoms with Gasteiger partial charge in [-0.05, 0) is 24.0 Å². The van der Waals surface area contributed by atoms with E-state index in [0.29, 0.717) is 0 Å². The monoisotopic (exact) mass is 373 g/mol. The molecule has 0 rings (SSSR count). The van der Waals surface area contributed by atoms with Crippen LogP contribution >= 0.6 is 0 Å². The van der Waals surface area contributed by atoms with Crippen molar-refractivity contribution in [3.8, 4) is 0 Å². The molecular weight excluding hydrogens is 344 g/mol. The Hall–Kier alpha value is -1.06. The molecule has 4 nitrogen and oxygen atoms in total. The van der Waals surface area contributed by atoms with Crippen LogP contribution in [0.15, 0.2) is 23.7 Å². The SMILES string of the molecule is CC(C)C(=O)/C=C(\[O-])C(C)C.CC(C)C(=O)/C=C(\[O-])C(C)C.[Cu+2]. The number of allylic oxidation sites excluding steroid dienone is 4. The topological polar surface area (TPSA) is 80.3 Å². The van der Waals surface area contributed by atoms with E-state index < -0.39 is 0 Å². The van der Waals surface area contributed by atoms with Crippen molar-refractivity contribution in [2.45, 2.75) is 55.4 Å². The van der Waals surface area contributed by atoms with Crippen molar-refractivity contribution in [3.05, 3.63) is 23.7 Å². The Morgan fingerprint density at radius 3 is 0.957 bits per heavy atom. The van der Waals surface area contributed by atoms with E-state index in [2.05, 4.69) is 0 Å². The third-order valence-electron chi connectivity index (χ3n) is 2.85. The standard InChI is InChI=1S/2C9H16O2.Cu/c2*1-6(2)8(10)5-9(11)7(3)4;/h2*5-7,10H,1-4H3;/q;;+2/p-2/b2*8-5-;. The van der Waals surface area contributed by atoms with Crippen molar-refractivity contribution in [1.29, 1.82) is 0 Å². The van der Waals surface area contributed by atoms with Gasteiger partial charge in [-0.1, -0.05) is 55.4 Å². The van der Waals surface area contributed by atoms with E-state index in [1.165, 1.54) is 12.2 Å². The molecule has 0 atom stereocenters. The molecule has 0 spiro atoms. The molecular formula is C18H30CuO4. The maximum Gasteiger partial charge on any atom is 2.00 e. The Balaban J connectivity index is -0.000000333. The molecule has 0 amide bonds. The van der Waals surface area contributed by atoms with E-state index in [9.17, 15) is 19.8 Å². The molecule has 0 aromatic rings. The van der Waals surface area contributed by atoms with Gasteiger partial charge in [0.15, 0.2) is 11.6 Å². The van der Waals surface area contributed by atoms with Crippen LogP contribution in [0, 0.1) is 23.7 Å². The second-order valence-corrected chi connectivity index (χ2v) is 6.52. The Bertz CT molecular complexity index is 379. The van der Waals surface area contributed by atoms with Crippen LogP contribution in [-0.2, 0) is 26.7 Å². The number of hydrogen-bond acceptors (Lipinski definition) is 4. The largest absolute Gasteiger partial charge is 2.00 e. The Morgan fingerprint density at radius 1 is 0.609 bits per heavy atom. The smallest absolute Gasteiger partial charge is 0.875 e. The average Bonchev–Trinajstić information content (AvgIpc) is 2.38. The predicted molar refractivity (Wildman–Crippen MR) is 85.5 cm³/mol. The van der Waals surface area contributed by atoms with Crippen molar-refractivity contribution in [3.63, 3.8) is 0 Å². The minimum absolute atomic E-state index is 0. The van der Waals surface area contributed by atoms with E-state index in [1.807, 2.05) is 0 Å². The molecule has 23 heavy (non-hydrogen) atoms. The first kappa shape index (κ1) is 26.8. The third kappa shape index (κ3) is 14.3. The molecule has 137 valence electrons. The summed E-state index contributed by atoms with van der Waals surface area (Å²) in [4.78, 5) is 22.0. The summed E-state index contributed by atoms with van der Waals surface area (Å²) in [6.07, 6.45) is 2.41. The van der Waals surface area contributed by atoms with Crippen LogP contribution in [0.4, 0.5) is 0 Å². The van der Waals surface area contributed by atoms with E-state index in [-0.39, 0.29) is 63.8 Å². The molecule has 0 saturated carbocycles. The summed E-state index contributed by atoms with van der Waals surface area (Å²) in [5.41, 5.74) is 0. The van der Waals surface area contributed by atoms with E-state index in [4.69, 9.17) is 0 Å². The summed E-state index contributed by atoms with van der Waals surface area (Å²) in [5, 5.41) is 22.0. The zero-order valence-electron chi connectivity index (χ0n) is 15.4. The maximum absolute atomic E-state index is 11.0. The van der Waals surface area contributed by atoms with Crippen LogP contribution in [0.3, 0.4) is 0 Å². The summed E-state index contributed by atoms with van der Waals surface area (Å²) in [6, 6.07) is 0. The van der Waals surface area contributed by atoms with Crippen LogP contribution in [0.2, 0.25) is 0 Å². The van der Waals surface area contributed by atoms with Gasteiger partial charge in [0.1, 0.15) is 0 Å². The van der Waals surface area contributed by atoms with Crippen LogP contribution in [0.1, 0.15) is 55.4 Å². The fourth-order valence-electron chi connectivity index (χ4n) is 0.947. The van der Waals surface area contributed by atoms with Crippen LogP contribution in [-0.4, -0.2) is 11.6 Å². The zero-order valence-corrected chi connectivity index (χ0v) is 16.3. The average molecular weight is 374 g/mol. The van der Waals surface area contributed by atoms with E-state index in [0.717, 1.165) is 0 Å². The zero-order chi connectivity index (χ0) is 18.0. The van der Waals surface area contributed by atoms with Gasteiger partial charge < -0.3 is 10.2 Å². The van der Waals surface area contributed by atoms with Crippen LogP contribution in [0.25, 0.3) is 0 Å². The first-order valence-corrected chi connectivity index (χ1v) is 7.74. The van der Waals surface area contributed by atoms with Crippen molar-refractivity contribution in [2.24, 2.45) is 23.7 Å². The molecule has 0 aliphatic carbocycles. The number of rotatable bonds is 6. The summed E-state index contributed by atoms with van der Waals surface area (Å²) in [6.45, 7) is 14.3. The van der Waals surface area contributed by atoms with Gasteiger partial charge in [-0.3, -0.25) is 9.59 Å².